The van der Waals surface area contributed by atoms with E-state index in [4.69, 9.17) is 39.1 Å². The summed E-state index contributed by atoms with van der Waals surface area (Å²) in [6.45, 7) is 0.625. The standard InChI is InChI=1S/C20H25Cl2N5O4/c1-31-14-6-7-27(17(14)19(30)26-9-11-8-20(11,21)22)15(28)10-25-13-5-3-2-4-12(13)16(23)18(24)29/h2-5,11,14,17,23,25H,6-10H2,1H3,(H2,24,29)(H,26,30)/p+1/t11-,14-,17+/m1/s1. The Morgan fingerprint density at radius 3 is 2.61 bits per heavy atom. The maximum Gasteiger partial charge on any atom is 0.313 e. The van der Waals surface area contributed by atoms with E-state index < -0.39 is 22.4 Å². The van der Waals surface area contributed by atoms with Crippen LogP contribution in [0.1, 0.15) is 18.4 Å². The second kappa shape index (κ2) is 9.42. The van der Waals surface area contributed by atoms with Crippen molar-refractivity contribution >= 4 is 52.3 Å². The topological polar surface area (TPSA) is 139 Å². The molecule has 1 saturated carbocycles. The number of carbonyl (C=O) groups is 3. The zero-order valence-corrected chi connectivity index (χ0v) is 18.6. The third-order valence-corrected chi connectivity index (χ3v) is 6.55. The van der Waals surface area contributed by atoms with Crippen LogP contribution in [-0.2, 0) is 19.1 Å². The first-order valence-electron chi connectivity index (χ1n) is 9.89. The molecule has 0 aromatic heterocycles. The number of amides is 3. The van der Waals surface area contributed by atoms with Crippen LogP contribution in [0, 0.1) is 5.92 Å². The summed E-state index contributed by atoms with van der Waals surface area (Å²) in [5, 5.41) is 11.6. The SMILES string of the molecule is CO[C@@H]1CCN(C(=O)CNc2ccccc2C(=[NH2+])C(N)=O)[C@@H]1C(=O)NC[C@H]1CC1(Cl)Cl. The summed E-state index contributed by atoms with van der Waals surface area (Å²) in [6.07, 6.45) is 0.746. The quantitative estimate of drug-likeness (QED) is 0.272. The molecule has 1 aliphatic carbocycles. The van der Waals surface area contributed by atoms with Crippen molar-refractivity contribution in [3.63, 3.8) is 0 Å². The zero-order valence-electron chi connectivity index (χ0n) is 17.1. The van der Waals surface area contributed by atoms with E-state index in [1.165, 1.54) is 12.0 Å². The predicted molar refractivity (Wildman–Crippen MR) is 117 cm³/mol. The highest BCUT2D eigenvalue weighted by Crippen LogP contribution is 2.52. The van der Waals surface area contributed by atoms with Crippen molar-refractivity contribution in [2.45, 2.75) is 29.3 Å². The number of nitrogens with one attached hydrogen (secondary N) is 2. The molecule has 3 amide bonds. The Labute approximate surface area is 190 Å². The van der Waals surface area contributed by atoms with Crippen molar-refractivity contribution in [2.24, 2.45) is 11.7 Å². The molecule has 11 heteroatoms. The Morgan fingerprint density at radius 1 is 1.32 bits per heavy atom. The summed E-state index contributed by atoms with van der Waals surface area (Å²) in [5.74, 6) is -1.35. The lowest BCUT2D eigenvalue weighted by Crippen LogP contribution is -2.52. The lowest BCUT2D eigenvalue weighted by molar-refractivity contribution is -0.139. The number of para-hydroxylation sites is 1. The van der Waals surface area contributed by atoms with Crippen molar-refractivity contribution in [2.75, 3.05) is 32.1 Å². The van der Waals surface area contributed by atoms with E-state index in [0.717, 1.165) is 0 Å². The Kier molecular flexibility index (Phi) is 7.08. The van der Waals surface area contributed by atoms with Crippen LogP contribution in [0.5, 0.6) is 0 Å². The molecule has 0 radical (unpaired) electrons. The van der Waals surface area contributed by atoms with Gasteiger partial charge in [0, 0.05) is 31.8 Å². The van der Waals surface area contributed by atoms with Gasteiger partial charge in [0.05, 0.1) is 18.2 Å². The number of nitrogens with zero attached hydrogens (tertiary/aromatic N) is 1. The molecule has 1 aliphatic heterocycles. The van der Waals surface area contributed by atoms with Gasteiger partial charge in [0.25, 0.3) is 5.71 Å². The Morgan fingerprint density at radius 2 is 2.00 bits per heavy atom. The minimum Gasteiger partial charge on any atom is -0.379 e. The second-order valence-electron chi connectivity index (χ2n) is 7.68. The zero-order chi connectivity index (χ0) is 22.8. The van der Waals surface area contributed by atoms with Crippen LogP contribution in [0.25, 0.3) is 0 Å². The number of nitrogens with two attached hydrogens (primary N) is 2. The third kappa shape index (κ3) is 5.28. The van der Waals surface area contributed by atoms with Gasteiger partial charge in [0.2, 0.25) is 11.8 Å². The summed E-state index contributed by atoms with van der Waals surface area (Å²) in [5.41, 5.74) is 6.05. The molecule has 1 heterocycles. The maximum atomic E-state index is 12.9. The highest BCUT2D eigenvalue weighted by Gasteiger charge is 2.52. The van der Waals surface area contributed by atoms with Gasteiger partial charge in [0.1, 0.15) is 10.4 Å². The average Bonchev–Trinajstić information content (AvgIpc) is 3.15. The number of anilines is 1. The Balaban J connectivity index is 1.64. The van der Waals surface area contributed by atoms with Crippen molar-refractivity contribution in [1.82, 2.24) is 10.2 Å². The highest BCUT2D eigenvalue weighted by molar-refractivity contribution is 6.50. The van der Waals surface area contributed by atoms with E-state index in [2.05, 4.69) is 10.6 Å². The van der Waals surface area contributed by atoms with Gasteiger partial charge in [0.15, 0.2) is 0 Å². The molecular weight excluding hydrogens is 445 g/mol. The lowest BCUT2D eigenvalue weighted by atomic mass is 10.1. The van der Waals surface area contributed by atoms with Gasteiger partial charge in [-0.3, -0.25) is 14.4 Å². The fourth-order valence-corrected chi connectivity index (χ4v) is 4.22. The molecule has 3 rings (SSSR count). The van der Waals surface area contributed by atoms with E-state index in [1.807, 2.05) is 0 Å². The minimum absolute atomic E-state index is 0.00327. The van der Waals surface area contributed by atoms with E-state index in [0.29, 0.717) is 37.2 Å². The van der Waals surface area contributed by atoms with Gasteiger partial charge < -0.3 is 26.0 Å². The molecule has 6 N–H and O–H groups in total. The normalized spacial score (nSPS) is 23.8. The number of benzene rings is 1. The number of methoxy groups -OCH3 is 1. The van der Waals surface area contributed by atoms with Crippen LogP contribution in [0.15, 0.2) is 24.3 Å². The van der Waals surface area contributed by atoms with Gasteiger partial charge >= 0.3 is 5.91 Å². The molecule has 1 aromatic carbocycles. The maximum absolute atomic E-state index is 12.9. The van der Waals surface area contributed by atoms with Crippen molar-refractivity contribution in [3.8, 4) is 0 Å². The smallest absolute Gasteiger partial charge is 0.313 e. The summed E-state index contributed by atoms with van der Waals surface area (Å²) < 4.78 is 4.64. The molecule has 0 spiro atoms. The number of carbonyl (C=O) groups excluding carboxylic acids is 3. The van der Waals surface area contributed by atoms with Crippen LogP contribution in [0.2, 0.25) is 0 Å². The van der Waals surface area contributed by atoms with Gasteiger partial charge in [-0.1, -0.05) is 12.1 Å². The first-order valence-corrected chi connectivity index (χ1v) is 10.6. The number of rotatable bonds is 9. The average molecular weight is 471 g/mol. The fraction of sp³-hybridized carbons (Fsp3) is 0.500. The molecular formula is C20H26Cl2N5O4+. The third-order valence-electron chi connectivity index (χ3n) is 5.63. The van der Waals surface area contributed by atoms with Crippen molar-refractivity contribution < 1.29 is 24.5 Å². The molecule has 1 saturated heterocycles. The van der Waals surface area contributed by atoms with Crippen LogP contribution < -0.4 is 21.8 Å². The van der Waals surface area contributed by atoms with E-state index >= 15 is 0 Å². The molecule has 1 aromatic rings. The summed E-state index contributed by atoms with van der Waals surface area (Å²) >= 11 is 12.0. The van der Waals surface area contributed by atoms with Crippen LogP contribution in [-0.4, -0.2) is 71.6 Å². The van der Waals surface area contributed by atoms with E-state index in [-0.39, 0.29) is 30.0 Å². The van der Waals surface area contributed by atoms with Crippen LogP contribution >= 0.6 is 23.2 Å². The van der Waals surface area contributed by atoms with E-state index in [1.54, 1.807) is 24.3 Å². The summed E-state index contributed by atoms with van der Waals surface area (Å²) in [7, 11) is 1.51. The van der Waals surface area contributed by atoms with Gasteiger partial charge in [-0.25, -0.2) is 5.41 Å². The number of likely N-dealkylation sites (tertiary alicyclic amines) is 1. The van der Waals surface area contributed by atoms with Gasteiger partial charge in [-0.05, 0) is 25.0 Å². The number of alkyl halides is 2. The molecule has 0 unspecified atom stereocenters. The molecule has 168 valence electrons. The molecule has 31 heavy (non-hydrogen) atoms. The van der Waals surface area contributed by atoms with Crippen LogP contribution in [0.4, 0.5) is 5.69 Å². The van der Waals surface area contributed by atoms with Gasteiger partial charge in [-0.2, -0.15) is 0 Å². The van der Waals surface area contributed by atoms with Gasteiger partial charge in [-0.15, -0.1) is 23.2 Å². The summed E-state index contributed by atoms with van der Waals surface area (Å²) in [4.78, 5) is 38.6. The molecule has 3 atom stereocenters. The fourth-order valence-electron chi connectivity index (χ4n) is 3.70. The first-order chi connectivity index (χ1) is 14.7. The minimum atomic E-state index is -0.791. The van der Waals surface area contributed by atoms with Crippen molar-refractivity contribution in [3.05, 3.63) is 29.8 Å². The van der Waals surface area contributed by atoms with Crippen molar-refractivity contribution in [1.29, 1.82) is 0 Å². The molecule has 0 bridgehead atoms. The number of primary amides is 1. The molecule has 9 nitrogen and oxygen atoms in total. The Bertz CT molecular complexity index is 894. The van der Waals surface area contributed by atoms with E-state index in [9.17, 15) is 14.4 Å². The second-order valence-corrected chi connectivity index (χ2v) is 9.22. The highest BCUT2D eigenvalue weighted by atomic mass is 35.5. The monoisotopic (exact) mass is 470 g/mol. The number of hydrogen-bond donors (Lipinski definition) is 4. The van der Waals surface area contributed by atoms with Crippen LogP contribution in [0.3, 0.4) is 0 Å². The number of ether oxygens (including phenoxy) is 1. The number of halogens is 2. The first kappa shape index (κ1) is 23.3. The largest absolute Gasteiger partial charge is 0.379 e. The molecule has 2 fully saturated rings. The molecule has 2 aliphatic rings. The lowest BCUT2D eigenvalue weighted by Gasteiger charge is -2.27. The predicted octanol–water partition coefficient (Wildman–Crippen LogP) is -0.942. The number of hydrogen-bond acceptors (Lipinski definition) is 5. The Hall–Kier alpha value is -2.36. The summed E-state index contributed by atoms with van der Waals surface area (Å²) in [6, 6.07) is 6.01.